The summed E-state index contributed by atoms with van der Waals surface area (Å²) in [5.74, 6) is 0.860. The van der Waals surface area contributed by atoms with Crippen LogP contribution in [0.25, 0.3) is 21.9 Å². The van der Waals surface area contributed by atoms with Crippen molar-refractivity contribution < 1.29 is 9.84 Å². The first-order chi connectivity index (χ1) is 13.0. The van der Waals surface area contributed by atoms with Gasteiger partial charge in [-0.25, -0.2) is 4.98 Å². The topological polar surface area (TPSA) is 92.5 Å². The van der Waals surface area contributed by atoms with Gasteiger partial charge in [-0.1, -0.05) is 11.6 Å². The molecular formula is C20H18N4O3. The van der Waals surface area contributed by atoms with Crippen LogP contribution in [0.3, 0.4) is 0 Å². The number of ether oxygens (including phenoxy) is 1. The Kier molecular flexibility index (Phi) is 3.92. The lowest BCUT2D eigenvalue weighted by molar-refractivity contribution is 0.373. The molecule has 0 amide bonds. The van der Waals surface area contributed by atoms with Gasteiger partial charge in [-0.05, 0) is 49.7 Å². The van der Waals surface area contributed by atoms with Crippen LogP contribution in [0.4, 0.5) is 0 Å². The second-order valence-electron chi connectivity index (χ2n) is 6.35. The Morgan fingerprint density at radius 3 is 2.81 bits per heavy atom. The van der Waals surface area contributed by atoms with Crippen LogP contribution < -0.4 is 10.3 Å². The normalized spacial score (nSPS) is 11.7. The highest BCUT2D eigenvalue weighted by Gasteiger charge is 2.13. The number of H-pyrrole nitrogens is 1. The Hall–Kier alpha value is -3.61. The van der Waals surface area contributed by atoms with Gasteiger partial charge in [-0.3, -0.25) is 4.79 Å². The number of benzene rings is 2. The monoisotopic (exact) mass is 362 g/mol. The zero-order valence-corrected chi connectivity index (χ0v) is 15.1. The van der Waals surface area contributed by atoms with E-state index in [1.54, 1.807) is 19.1 Å². The number of hydrogen-bond donors (Lipinski definition) is 2. The van der Waals surface area contributed by atoms with E-state index in [1.165, 1.54) is 24.1 Å². The molecule has 7 nitrogen and oxygen atoms in total. The van der Waals surface area contributed by atoms with Crippen molar-refractivity contribution >= 4 is 28.2 Å². The van der Waals surface area contributed by atoms with Crippen LogP contribution in [0.1, 0.15) is 17.0 Å². The molecule has 0 fully saturated rings. The maximum Gasteiger partial charge on any atom is 0.298 e. The molecule has 0 bridgehead atoms. The molecule has 4 rings (SSSR count). The maximum absolute atomic E-state index is 12.9. The van der Waals surface area contributed by atoms with E-state index in [1.807, 2.05) is 25.1 Å². The number of aromatic hydroxyl groups is 1. The summed E-state index contributed by atoms with van der Waals surface area (Å²) >= 11 is 0. The van der Waals surface area contributed by atoms with E-state index in [9.17, 15) is 9.90 Å². The average Bonchev–Trinajstić information content (AvgIpc) is 3.01. The molecule has 136 valence electrons. The quantitative estimate of drug-likeness (QED) is 0.548. The van der Waals surface area contributed by atoms with Crippen LogP contribution >= 0.6 is 0 Å². The molecule has 2 heterocycles. The molecule has 7 heteroatoms. The van der Waals surface area contributed by atoms with Crippen LogP contribution in [0.5, 0.6) is 11.5 Å². The van der Waals surface area contributed by atoms with Gasteiger partial charge in [0.2, 0.25) is 0 Å². The third-order valence-electron chi connectivity index (χ3n) is 4.44. The number of aromatic nitrogens is 3. The highest BCUT2D eigenvalue weighted by molar-refractivity contribution is 6.04. The molecule has 2 aromatic carbocycles. The van der Waals surface area contributed by atoms with Crippen molar-refractivity contribution in [2.75, 3.05) is 7.11 Å². The van der Waals surface area contributed by atoms with Gasteiger partial charge < -0.3 is 14.8 Å². The van der Waals surface area contributed by atoms with Crippen LogP contribution in [0.2, 0.25) is 0 Å². The highest BCUT2D eigenvalue weighted by Crippen LogP contribution is 2.26. The van der Waals surface area contributed by atoms with Crippen molar-refractivity contribution in [2.45, 2.75) is 13.8 Å². The Balaban J connectivity index is 1.85. The molecule has 0 saturated carbocycles. The van der Waals surface area contributed by atoms with E-state index >= 15 is 0 Å². The second kappa shape index (κ2) is 6.28. The standard InChI is InChI=1S/C20H18N4O3/c1-11-4-6-15-14(8-11)18-19(23-15)20(26)24(12(2)22-18)21-10-13-5-7-16(25)17(9-13)27-3/h4-10,23,25H,1-3H3/b21-10+. The van der Waals surface area contributed by atoms with Gasteiger partial charge in [0.25, 0.3) is 5.56 Å². The summed E-state index contributed by atoms with van der Waals surface area (Å²) < 4.78 is 6.34. The van der Waals surface area contributed by atoms with E-state index in [4.69, 9.17) is 4.74 Å². The number of methoxy groups -OCH3 is 1. The first-order valence-electron chi connectivity index (χ1n) is 8.41. The van der Waals surface area contributed by atoms with Gasteiger partial charge in [0.05, 0.1) is 13.3 Å². The smallest absolute Gasteiger partial charge is 0.298 e. The summed E-state index contributed by atoms with van der Waals surface area (Å²) in [7, 11) is 1.47. The third kappa shape index (κ3) is 2.83. The number of aromatic amines is 1. The molecular weight excluding hydrogens is 344 g/mol. The lowest BCUT2D eigenvalue weighted by Gasteiger charge is -2.05. The van der Waals surface area contributed by atoms with Crippen molar-refractivity contribution in [2.24, 2.45) is 5.10 Å². The largest absolute Gasteiger partial charge is 0.504 e. The highest BCUT2D eigenvalue weighted by atomic mass is 16.5. The number of nitrogens with one attached hydrogen (secondary N) is 1. The number of hydrogen-bond acceptors (Lipinski definition) is 5. The number of fused-ring (bicyclic) bond motifs is 3. The minimum Gasteiger partial charge on any atom is -0.504 e. The zero-order chi connectivity index (χ0) is 19.1. The average molecular weight is 362 g/mol. The minimum atomic E-state index is -0.270. The number of aryl methyl sites for hydroxylation is 2. The van der Waals surface area contributed by atoms with Gasteiger partial charge in [-0.15, -0.1) is 0 Å². The fourth-order valence-electron chi connectivity index (χ4n) is 3.06. The molecule has 0 unspecified atom stereocenters. The number of phenolic OH excluding ortho intramolecular Hbond substituents is 1. The first-order valence-corrected chi connectivity index (χ1v) is 8.41. The second-order valence-corrected chi connectivity index (χ2v) is 6.35. The first kappa shape index (κ1) is 16.8. The van der Waals surface area contributed by atoms with Gasteiger partial charge >= 0.3 is 0 Å². The Morgan fingerprint density at radius 2 is 2.04 bits per heavy atom. The summed E-state index contributed by atoms with van der Waals surface area (Å²) in [4.78, 5) is 20.6. The van der Waals surface area contributed by atoms with Crippen molar-refractivity contribution in [3.05, 3.63) is 63.7 Å². The SMILES string of the molecule is COc1cc(/C=N/n2c(C)nc3c([nH]c4ccc(C)cc43)c2=O)ccc1O. The van der Waals surface area contributed by atoms with E-state index < -0.39 is 0 Å². The molecule has 2 N–H and O–H groups in total. The summed E-state index contributed by atoms with van der Waals surface area (Å²) in [6.45, 7) is 3.74. The van der Waals surface area contributed by atoms with Gasteiger partial charge in [0.1, 0.15) is 16.9 Å². The van der Waals surface area contributed by atoms with E-state index in [2.05, 4.69) is 15.1 Å². The number of nitrogens with zero attached hydrogens (tertiary/aromatic N) is 3. The van der Waals surface area contributed by atoms with E-state index in [0.717, 1.165) is 16.5 Å². The summed E-state index contributed by atoms with van der Waals surface area (Å²) in [5, 5.41) is 14.9. The molecule has 27 heavy (non-hydrogen) atoms. The molecule has 4 aromatic rings. The van der Waals surface area contributed by atoms with Crippen LogP contribution in [0, 0.1) is 13.8 Å². The predicted molar refractivity (Wildman–Crippen MR) is 105 cm³/mol. The van der Waals surface area contributed by atoms with Crippen molar-refractivity contribution in [3.63, 3.8) is 0 Å². The maximum atomic E-state index is 12.9. The lowest BCUT2D eigenvalue weighted by atomic mass is 10.1. The van der Waals surface area contributed by atoms with E-state index in [0.29, 0.717) is 28.2 Å². The molecule has 0 spiro atoms. The minimum absolute atomic E-state index is 0.0412. The summed E-state index contributed by atoms with van der Waals surface area (Å²) in [5.41, 5.74) is 3.45. The van der Waals surface area contributed by atoms with Gasteiger partial charge in [-0.2, -0.15) is 9.78 Å². The van der Waals surface area contributed by atoms with Crippen LogP contribution in [-0.2, 0) is 0 Å². The molecule has 0 radical (unpaired) electrons. The van der Waals surface area contributed by atoms with Crippen LogP contribution in [0.15, 0.2) is 46.3 Å². The predicted octanol–water partition coefficient (Wildman–Crippen LogP) is 3.09. The van der Waals surface area contributed by atoms with Gasteiger partial charge in [0.15, 0.2) is 11.5 Å². The number of rotatable bonds is 3. The molecule has 2 aromatic heterocycles. The zero-order valence-electron chi connectivity index (χ0n) is 15.1. The fraction of sp³-hybridized carbons (Fsp3) is 0.150. The van der Waals surface area contributed by atoms with E-state index in [-0.39, 0.29) is 11.3 Å². The molecule has 0 aliphatic rings. The van der Waals surface area contributed by atoms with Crippen molar-refractivity contribution in [1.82, 2.24) is 14.6 Å². The number of phenols is 1. The Bertz CT molecular complexity index is 1270. The molecule has 0 atom stereocenters. The Morgan fingerprint density at radius 1 is 1.22 bits per heavy atom. The summed E-state index contributed by atoms with van der Waals surface area (Å²) in [6, 6.07) is 10.8. The van der Waals surface area contributed by atoms with Crippen molar-refractivity contribution in [1.29, 1.82) is 0 Å². The lowest BCUT2D eigenvalue weighted by Crippen LogP contribution is -2.20. The Labute approximate surface area is 154 Å². The fourth-order valence-corrected chi connectivity index (χ4v) is 3.06. The van der Waals surface area contributed by atoms with Gasteiger partial charge in [0, 0.05) is 10.9 Å². The molecule has 0 aliphatic heterocycles. The van der Waals surface area contributed by atoms with Crippen molar-refractivity contribution in [3.8, 4) is 11.5 Å². The molecule has 0 saturated heterocycles. The van der Waals surface area contributed by atoms with Crippen LogP contribution in [-0.4, -0.2) is 33.1 Å². The molecule has 0 aliphatic carbocycles. The summed E-state index contributed by atoms with van der Waals surface area (Å²) in [6.07, 6.45) is 1.52. The third-order valence-corrected chi connectivity index (χ3v) is 4.44.